The second kappa shape index (κ2) is 8.91. The van der Waals surface area contributed by atoms with Gasteiger partial charge in [0.15, 0.2) is 5.16 Å². The molecule has 0 saturated carbocycles. The van der Waals surface area contributed by atoms with E-state index in [1.807, 2.05) is 6.92 Å². The van der Waals surface area contributed by atoms with E-state index in [-0.39, 0.29) is 11.5 Å². The van der Waals surface area contributed by atoms with E-state index in [1.54, 1.807) is 29.5 Å². The number of carbonyl (C=O) groups excluding carboxylic acids is 1. The summed E-state index contributed by atoms with van der Waals surface area (Å²) in [5.41, 5.74) is 1.54. The minimum Gasteiger partial charge on any atom is -0.324 e. The topological polar surface area (TPSA) is 74.8 Å². The molecule has 1 aliphatic carbocycles. The molecule has 9 heteroatoms. The average Bonchev–Trinajstić information content (AvgIpc) is 3.05. The first kappa shape index (κ1) is 21.7. The maximum absolute atomic E-state index is 12.8. The molecule has 1 amide bonds. The number of anilines is 1. The van der Waals surface area contributed by atoms with Gasteiger partial charge >= 0.3 is 0 Å². The van der Waals surface area contributed by atoms with Crippen LogP contribution in [0.1, 0.15) is 37.1 Å². The lowest BCUT2D eigenvalue weighted by atomic mass is 9.89. The van der Waals surface area contributed by atoms with Gasteiger partial charge in [-0.05, 0) is 55.4 Å². The summed E-state index contributed by atoms with van der Waals surface area (Å²) < 4.78 is 0. The summed E-state index contributed by atoms with van der Waals surface area (Å²) in [6, 6.07) is 4.92. The second-order valence-corrected chi connectivity index (χ2v) is 10.6. The molecule has 2 N–H and O–H groups in total. The van der Waals surface area contributed by atoms with Gasteiger partial charge in [-0.3, -0.25) is 9.59 Å². The maximum atomic E-state index is 12.8. The SMILES string of the molecule is CCC(Sc1nc2sc3c(c2c(=O)[nH]1)CCC(C)C3)C(=O)Nc1ccc(Cl)cc1Cl. The maximum Gasteiger partial charge on any atom is 0.260 e. The number of benzene rings is 1. The first-order chi connectivity index (χ1) is 14.4. The van der Waals surface area contributed by atoms with E-state index in [0.29, 0.717) is 33.2 Å². The van der Waals surface area contributed by atoms with Crippen LogP contribution in [0.15, 0.2) is 28.2 Å². The minimum atomic E-state index is -0.424. The minimum absolute atomic E-state index is 0.120. The van der Waals surface area contributed by atoms with Crippen LogP contribution in [-0.2, 0) is 17.6 Å². The molecule has 1 aromatic carbocycles. The monoisotopic (exact) mass is 481 g/mol. The van der Waals surface area contributed by atoms with E-state index >= 15 is 0 Å². The Morgan fingerprint density at radius 3 is 2.97 bits per heavy atom. The Balaban J connectivity index is 1.57. The van der Waals surface area contributed by atoms with Gasteiger partial charge in [0.1, 0.15) is 4.83 Å². The summed E-state index contributed by atoms with van der Waals surface area (Å²) in [5, 5.41) is 4.47. The number of amides is 1. The van der Waals surface area contributed by atoms with Gasteiger partial charge in [-0.15, -0.1) is 11.3 Å². The van der Waals surface area contributed by atoms with Gasteiger partial charge < -0.3 is 10.3 Å². The molecule has 158 valence electrons. The molecule has 0 saturated heterocycles. The molecule has 5 nitrogen and oxygen atoms in total. The van der Waals surface area contributed by atoms with E-state index in [4.69, 9.17) is 23.2 Å². The zero-order chi connectivity index (χ0) is 21.4. The number of H-pyrrole nitrogens is 1. The summed E-state index contributed by atoms with van der Waals surface area (Å²) in [7, 11) is 0. The fraction of sp³-hybridized carbons (Fsp3) is 0.381. The quantitative estimate of drug-likeness (QED) is 0.349. The van der Waals surface area contributed by atoms with E-state index in [0.717, 1.165) is 35.0 Å². The van der Waals surface area contributed by atoms with Crippen LogP contribution in [0, 0.1) is 5.92 Å². The summed E-state index contributed by atoms with van der Waals surface area (Å²) in [6.45, 7) is 4.16. The number of carbonyl (C=O) groups is 1. The molecule has 2 aromatic heterocycles. The lowest BCUT2D eigenvalue weighted by Crippen LogP contribution is -2.25. The van der Waals surface area contributed by atoms with Crippen molar-refractivity contribution in [3.63, 3.8) is 0 Å². The molecular formula is C21H21Cl2N3O2S2. The van der Waals surface area contributed by atoms with Crippen LogP contribution >= 0.6 is 46.3 Å². The summed E-state index contributed by atoms with van der Waals surface area (Å²) >= 11 is 14.9. The van der Waals surface area contributed by atoms with Crippen molar-refractivity contribution in [3.05, 3.63) is 49.0 Å². The largest absolute Gasteiger partial charge is 0.324 e. The second-order valence-electron chi connectivity index (χ2n) is 7.53. The van der Waals surface area contributed by atoms with Crippen LogP contribution in [0.2, 0.25) is 10.0 Å². The molecule has 0 fully saturated rings. The van der Waals surface area contributed by atoms with Crippen molar-refractivity contribution < 1.29 is 4.79 Å². The fourth-order valence-corrected chi connectivity index (χ4v) is 6.44. The predicted molar refractivity (Wildman–Crippen MR) is 126 cm³/mol. The zero-order valence-corrected chi connectivity index (χ0v) is 19.7. The smallest absolute Gasteiger partial charge is 0.260 e. The number of nitrogens with zero attached hydrogens (tertiary/aromatic N) is 1. The summed E-state index contributed by atoms with van der Waals surface area (Å²) in [5.74, 6) is 0.431. The Labute approximate surface area is 192 Å². The number of nitrogens with one attached hydrogen (secondary N) is 2. The number of aryl methyl sites for hydroxylation is 1. The lowest BCUT2D eigenvalue weighted by molar-refractivity contribution is -0.115. The molecule has 2 atom stereocenters. The van der Waals surface area contributed by atoms with Gasteiger partial charge in [0, 0.05) is 9.90 Å². The van der Waals surface area contributed by atoms with Crippen LogP contribution in [0.5, 0.6) is 0 Å². The molecule has 0 spiro atoms. The van der Waals surface area contributed by atoms with Gasteiger partial charge in [-0.25, -0.2) is 4.98 Å². The highest BCUT2D eigenvalue weighted by atomic mass is 35.5. The Morgan fingerprint density at radius 1 is 1.43 bits per heavy atom. The molecule has 30 heavy (non-hydrogen) atoms. The van der Waals surface area contributed by atoms with Gasteiger partial charge in [0.2, 0.25) is 5.91 Å². The Kier molecular flexibility index (Phi) is 6.44. The number of halogens is 2. The average molecular weight is 482 g/mol. The molecule has 3 aromatic rings. The standard InChI is InChI=1S/C21H21Cl2N3O2S2/c1-3-15(18(27)24-14-7-5-11(22)9-13(14)23)30-21-25-19(28)17-12-6-4-10(2)8-16(12)29-20(17)26-21/h5,7,9-10,15H,3-4,6,8H2,1-2H3,(H,24,27)(H,25,26,28). The number of aromatic nitrogens is 2. The van der Waals surface area contributed by atoms with Crippen molar-refractivity contribution in [2.45, 2.75) is 49.9 Å². The van der Waals surface area contributed by atoms with Crippen LogP contribution in [0.25, 0.3) is 10.2 Å². The van der Waals surface area contributed by atoms with Crippen molar-refractivity contribution in [1.82, 2.24) is 9.97 Å². The van der Waals surface area contributed by atoms with E-state index in [1.165, 1.54) is 16.6 Å². The molecule has 2 unspecified atom stereocenters. The van der Waals surface area contributed by atoms with Crippen molar-refractivity contribution in [2.24, 2.45) is 5.92 Å². The molecule has 0 aliphatic heterocycles. The normalized spacial score (nSPS) is 17.0. The number of hydrogen-bond donors (Lipinski definition) is 2. The van der Waals surface area contributed by atoms with E-state index in [9.17, 15) is 9.59 Å². The highest BCUT2D eigenvalue weighted by Gasteiger charge is 2.25. The number of thioether (sulfide) groups is 1. The zero-order valence-electron chi connectivity index (χ0n) is 16.6. The van der Waals surface area contributed by atoms with Crippen LogP contribution in [0.3, 0.4) is 0 Å². The molecule has 1 aliphatic rings. The van der Waals surface area contributed by atoms with E-state index < -0.39 is 5.25 Å². The van der Waals surface area contributed by atoms with Gasteiger partial charge in [-0.2, -0.15) is 0 Å². The van der Waals surface area contributed by atoms with Crippen LogP contribution in [0.4, 0.5) is 5.69 Å². The highest BCUT2D eigenvalue weighted by Crippen LogP contribution is 2.36. The summed E-state index contributed by atoms with van der Waals surface area (Å²) in [6.07, 6.45) is 3.59. The number of aromatic amines is 1. The Bertz CT molecular complexity index is 1180. The third-order valence-electron chi connectivity index (χ3n) is 5.25. The van der Waals surface area contributed by atoms with Crippen molar-refractivity contribution >= 4 is 68.1 Å². The van der Waals surface area contributed by atoms with Crippen LogP contribution in [-0.4, -0.2) is 21.1 Å². The first-order valence-electron chi connectivity index (χ1n) is 9.82. The third-order valence-corrected chi connectivity index (χ3v) is 8.19. The van der Waals surface area contributed by atoms with Crippen molar-refractivity contribution in [1.29, 1.82) is 0 Å². The fourth-order valence-electron chi connectivity index (χ4n) is 3.65. The molecule has 2 heterocycles. The molecule has 4 rings (SSSR count). The van der Waals surface area contributed by atoms with Gasteiger partial charge in [0.05, 0.1) is 21.3 Å². The number of rotatable bonds is 5. The first-order valence-corrected chi connectivity index (χ1v) is 12.3. The van der Waals surface area contributed by atoms with E-state index in [2.05, 4.69) is 22.2 Å². The highest BCUT2D eigenvalue weighted by molar-refractivity contribution is 8.00. The lowest BCUT2D eigenvalue weighted by Gasteiger charge is -2.17. The van der Waals surface area contributed by atoms with Crippen LogP contribution < -0.4 is 10.9 Å². The molecular weight excluding hydrogens is 461 g/mol. The predicted octanol–water partition coefficient (Wildman–Crippen LogP) is 5.93. The Hall–Kier alpha value is -1.54. The Morgan fingerprint density at radius 2 is 2.23 bits per heavy atom. The molecule has 0 bridgehead atoms. The van der Waals surface area contributed by atoms with Gasteiger partial charge in [0.25, 0.3) is 5.56 Å². The van der Waals surface area contributed by atoms with Crippen molar-refractivity contribution in [2.75, 3.05) is 5.32 Å². The van der Waals surface area contributed by atoms with Gasteiger partial charge in [-0.1, -0.05) is 48.8 Å². The third kappa shape index (κ3) is 4.40. The number of hydrogen-bond acceptors (Lipinski definition) is 5. The molecule has 0 radical (unpaired) electrons. The number of thiophene rings is 1. The number of fused-ring (bicyclic) bond motifs is 3. The van der Waals surface area contributed by atoms with Crippen molar-refractivity contribution in [3.8, 4) is 0 Å². The summed E-state index contributed by atoms with van der Waals surface area (Å²) in [4.78, 5) is 35.2.